The van der Waals surface area contributed by atoms with Crippen molar-refractivity contribution in [2.75, 3.05) is 6.54 Å². The van der Waals surface area contributed by atoms with Crippen molar-refractivity contribution < 1.29 is 15.8 Å². The first-order valence-corrected chi connectivity index (χ1v) is 6.95. The van der Waals surface area contributed by atoms with Crippen molar-refractivity contribution in [1.29, 1.82) is 0 Å². The highest BCUT2D eigenvalue weighted by molar-refractivity contribution is 5.57. The molecule has 20 heavy (non-hydrogen) atoms. The van der Waals surface area contributed by atoms with Crippen molar-refractivity contribution in [3.8, 4) is 0 Å². The summed E-state index contributed by atoms with van der Waals surface area (Å²) in [5, 5.41) is 9.88. The Morgan fingerprint density at radius 2 is 2.20 bits per heavy atom. The van der Waals surface area contributed by atoms with Crippen LogP contribution in [0.5, 0.6) is 0 Å². The van der Waals surface area contributed by atoms with Crippen LogP contribution in [0.1, 0.15) is 39.2 Å². The summed E-state index contributed by atoms with van der Waals surface area (Å²) in [6, 6.07) is 5.01. The molecule has 0 amide bonds. The van der Waals surface area contributed by atoms with E-state index in [9.17, 15) is 9.18 Å². The van der Waals surface area contributed by atoms with Gasteiger partial charge in [0.1, 0.15) is 12.1 Å². The molecule has 0 aliphatic carbocycles. The maximum absolute atomic E-state index is 12.9. The first-order valence-electron chi connectivity index (χ1n) is 6.95. The summed E-state index contributed by atoms with van der Waals surface area (Å²) in [6.45, 7) is 6.64. The molecule has 1 atom stereocenters. The zero-order valence-electron chi connectivity index (χ0n) is 12.5. The van der Waals surface area contributed by atoms with Gasteiger partial charge in [0.05, 0.1) is 6.04 Å². The van der Waals surface area contributed by atoms with Crippen LogP contribution < -0.4 is 5.73 Å². The Hall–Kier alpha value is -1.30. The molecule has 1 aromatic carbocycles. The number of carbonyl (C=O) groups excluding carboxylic acids is 1. The van der Waals surface area contributed by atoms with Gasteiger partial charge in [-0.2, -0.15) is 5.06 Å². The lowest BCUT2D eigenvalue weighted by atomic mass is 10.1. The third-order valence-electron chi connectivity index (χ3n) is 2.92. The number of hydroxylamine groups is 2. The van der Waals surface area contributed by atoms with E-state index in [1.807, 2.05) is 13.8 Å². The van der Waals surface area contributed by atoms with Gasteiger partial charge < -0.3 is 15.7 Å². The normalized spacial score (nSPS) is 17.6. The fourth-order valence-electron chi connectivity index (χ4n) is 1.78. The number of hydrogen-bond acceptors (Lipinski definition) is 4. The molecule has 1 aromatic rings. The molecule has 1 heterocycles. The van der Waals surface area contributed by atoms with Gasteiger partial charge in [-0.3, -0.25) is 0 Å². The monoisotopic (exact) mass is 286 g/mol. The number of nitrogens with two attached hydrogens (primary N) is 1. The minimum absolute atomic E-state index is 0. The van der Waals surface area contributed by atoms with E-state index in [1.165, 1.54) is 0 Å². The summed E-state index contributed by atoms with van der Waals surface area (Å²) in [7, 11) is 0. The van der Waals surface area contributed by atoms with Gasteiger partial charge in [0.2, 0.25) is 0 Å². The molecular formula is C15H27FN2O2. The summed E-state index contributed by atoms with van der Waals surface area (Å²) >= 11 is 0. The van der Waals surface area contributed by atoms with E-state index >= 15 is 0 Å². The topological polar surface area (TPSA) is 66.6 Å². The predicted molar refractivity (Wildman–Crippen MR) is 80.1 cm³/mol. The highest BCUT2D eigenvalue weighted by Crippen LogP contribution is 2.11. The van der Waals surface area contributed by atoms with Crippen molar-refractivity contribution in [2.24, 2.45) is 5.73 Å². The lowest BCUT2D eigenvalue weighted by molar-refractivity contribution is -0.132. The molecule has 5 heteroatoms. The van der Waals surface area contributed by atoms with Gasteiger partial charge in [-0.1, -0.05) is 32.0 Å². The van der Waals surface area contributed by atoms with Crippen LogP contribution in [0.15, 0.2) is 18.2 Å². The van der Waals surface area contributed by atoms with Crippen LogP contribution in [0.2, 0.25) is 0 Å². The Kier molecular flexibility index (Phi) is 9.80. The van der Waals surface area contributed by atoms with E-state index in [4.69, 9.17) is 10.9 Å². The van der Waals surface area contributed by atoms with Crippen LogP contribution in [-0.2, 0) is 11.3 Å². The number of hydrogen-bond donors (Lipinski definition) is 2. The van der Waals surface area contributed by atoms with Crippen molar-refractivity contribution >= 4 is 6.29 Å². The van der Waals surface area contributed by atoms with Crippen molar-refractivity contribution in [3.05, 3.63) is 35.1 Å². The molecule has 3 N–H and O–H groups in total. The van der Waals surface area contributed by atoms with Gasteiger partial charge >= 0.3 is 0 Å². The molecule has 0 spiro atoms. The van der Waals surface area contributed by atoms with Crippen molar-refractivity contribution in [3.63, 3.8) is 0 Å². The zero-order chi connectivity index (χ0) is 15.5. The second-order valence-corrected chi connectivity index (χ2v) is 4.26. The summed E-state index contributed by atoms with van der Waals surface area (Å²) in [5.74, 6) is -0.176. The van der Waals surface area contributed by atoms with Crippen LogP contribution in [0.25, 0.3) is 0 Å². The molecule has 1 aliphatic rings. The fourth-order valence-corrected chi connectivity index (χ4v) is 1.78. The maximum Gasteiger partial charge on any atom is 0.139 e. The molecule has 4 nitrogen and oxygen atoms in total. The second kappa shape index (κ2) is 10.5. The molecule has 0 bridgehead atoms. The summed E-state index contributed by atoms with van der Waals surface area (Å²) < 4.78 is 12.9. The van der Waals surface area contributed by atoms with Gasteiger partial charge in [0.25, 0.3) is 0 Å². The molecule has 2 rings (SSSR count). The Morgan fingerprint density at radius 1 is 1.55 bits per heavy atom. The molecule has 0 saturated carbocycles. The largest absolute Gasteiger partial charge is 0.326 e. The lowest BCUT2D eigenvalue weighted by Crippen LogP contribution is -2.26. The number of benzene rings is 1. The third kappa shape index (κ3) is 5.77. The number of rotatable bonds is 2. The quantitative estimate of drug-likeness (QED) is 0.820. The van der Waals surface area contributed by atoms with Gasteiger partial charge in [0.15, 0.2) is 0 Å². The highest BCUT2D eigenvalue weighted by atomic mass is 19.1. The fraction of sp³-hybridized carbons (Fsp3) is 0.533. The first-order chi connectivity index (χ1) is 9.60. The van der Waals surface area contributed by atoms with Gasteiger partial charge in [-0.25, -0.2) is 4.39 Å². The minimum atomic E-state index is -0.227. The van der Waals surface area contributed by atoms with E-state index in [1.54, 1.807) is 25.1 Å². The van der Waals surface area contributed by atoms with E-state index in [2.05, 4.69) is 0 Å². The zero-order valence-corrected chi connectivity index (χ0v) is 12.5. The van der Waals surface area contributed by atoms with E-state index < -0.39 is 0 Å². The SMILES string of the molecule is CC.Cc1cccc(CN)c1F.O=C[C@@H]1CCCN1O.[HH]. The molecule has 1 aliphatic heterocycles. The second-order valence-electron chi connectivity index (χ2n) is 4.26. The first kappa shape index (κ1) is 18.7. The van der Waals surface area contributed by atoms with Crippen LogP contribution in [0.3, 0.4) is 0 Å². The van der Waals surface area contributed by atoms with Crippen molar-refractivity contribution in [2.45, 2.75) is 46.2 Å². The molecule has 0 radical (unpaired) electrons. The Morgan fingerprint density at radius 3 is 2.55 bits per heavy atom. The Bertz CT molecular complexity index is 405. The van der Waals surface area contributed by atoms with Crippen LogP contribution in [0, 0.1) is 12.7 Å². The minimum Gasteiger partial charge on any atom is -0.326 e. The smallest absolute Gasteiger partial charge is 0.139 e. The molecule has 0 aromatic heterocycles. The molecule has 0 unspecified atom stereocenters. The highest BCUT2D eigenvalue weighted by Gasteiger charge is 2.21. The number of aryl methyl sites for hydroxylation is 1. The number of aldehydes is 1. The number of halogens is 1. The average Bonchev–Trinajstić information content (AvgIpc) is 2.90. The van der Waals surface area contributed by atoms with Crippen LogP contribution in [0.4, 0.5) is 4.39 Å². The van der Waals surface area contributed by atoms with Gasteiger partial charge in [-0.05, 0) is 25.3 Å². The van der Waals surface area contributed by atoms with Crippen LogP contribution in [-0.4, -0.2) is 29.1 Å². The molecule has 1 fully saturated rings. The Labute approximate surface area is 121 Å². The Balaban J connectivity index is 0. The summed E-state index contributed by atoms with van der Waals surface area (Å²) in [5.41, 5.74) is 6.52. The van der Waals surface area contributed by atoms with Gasteiger partial charge in [0, 0.05) is 20.1 Å². The lowest BCUT2D eigenvalue weighted by Gasteiger charge is -2.08. The van der Waals surface area contributed by atoms with E-state index in [-0.39, 0.29) is 19.8 Å². The van der Waals surface area contributed by atoms with Gasteiger partial charge in [-0.15, -0.1) is 0 Å². The molecular weight excluding hydrogens is 259 g/mol. The summed E-state index contributed by atoms with van der Waals surface area (Å²) in [4.78, 5) is 10.0. The number of nitrogens with zero attached hydrogens (tertiary/aromatic N) is 1. The van der Waals surface area contributed by atoms with Crippen molar-refractivity contribution in [1.82, 2.24) is 5.06 Å². The maximum atomic E-state index is 12.9. The number of carbonyl (C=O) groups is 1. The molecule has 116 valence electrons. The van der Waals surface area contributed by atoms with E-state index in [0.29, 0.717) is 17.7 Å². The standard InChI is InChI=1S/C8H10FN.C5H9NO2.C2H6.H2/c1-6-3-2-4-7(5-10)8(6)9;7-4-5-2-1-3-6(5)8;1-2;/h2-4H,5,10H2,1H3;4-5,8H,1-3H2;1-2H3;1H/t;5-;;/m.0../s1. The third-order valence-corrected chi connectivity index (χ3v) is 2.92. The predicted octanol–water partition coefficient (Wildman–Crippen LogP) is 2.90. The van der Waals surface area contributed by atoms with E-state index in [0.717, 1.165) is 24.2 Å². The average molecular weight is 286 g/mol. The summed E-state index contributed by atoms with van der Waals surface area (Å²) in [6.07, 6.45) is 2.52. The molecule has 1 saturated heterocycles. The van der Waals surface area contributed by atoms with Crippen LogP contribution >= 0.6 is 0 Å².